The lowest BCUT2D eigenvalue weighted by molar-refractivity contribution is -0.119. The van der Waals surface area contributed by atoms with E-state index in [9.17, 15) is 18.0 Å². The summed E-state index contributed by atoms with van der Waals surface area (Å²) >= 11 is 0. The van der Waals surface area contributed by atoms with Crippen molar-refractivity contribution in [1.29, 1.82) is 0 Å². The predicted molar refractivity (Wildman–Crippen MR) is 89.6 cm³/mol. The van der Waals surface area contributed by atoms with Gasteiger partial charge in [0.2, 0.25) is 0 Å². The van der Waals surface area contributed by atoms with Gasteiger partial charge in [-0.05, 0) is 31.2 Å². The van der Waals surface area contributed by atoms with Crippen LogP contribution in [0.2, 0.25) is 0 Å². The summed E-state index contributed by atoms with van der Waals surface area (Å²) in [6, 6.07) is 12.8. The largest absolute Gasteiger partial charge is 0.452 e. The van der Waals surface area contributed by atoms with Gasteiger partial charge >= 0.3 is 5.97 Å². The normalized spacial score (nSPS) is 10.9. The van der Waals surface area contributed by atoms with Crippen molar-refractivity contribution in [1.82, 2.24) is 0 Å². The van der Waals surface area contributed by atoms with Crippen molar-refractivity contribution < 1.29 is 22.7 Å². The number of aryl methyl sites for hydroxylation is 1. The maximum absolute atomic E-state index is 12.0. The number of anilines is 1. The van der Waals surface area contributed by atoms with Crippen molar-refractivity contribution in [3.05, 3.63) is 59.7 Å². The smallest absolute Gasteiger partial charge is 0.339 e. The van der Waals surface area contributed by atoms with E-state index >= 15 is 0 Å². The number of hydrogen-bond acceptors (Lipinski definition) is 5. The second-order valence-corrected chi connectivity index (χ2v) is 7.24. The minimum atomic E-state index is -3.57. The summed E-state index contributed by atoms with van der Waals surface area (Å²) in [7, 11) is -3.57. The standard InChI is InChI=1S/C17H17NO5S/c1-12-7-9-13(10-8-12)18-16(19)11-23-17(20)14-5-3-4-6-15(14)24(2,21)22/h3-10H,11H2,1-2H3,(H,18,19). The van der Waals surface area contributed by atoms with E-state index in [-0.39, 0.29) is 10.5 Å². The molecular formula is C17H17NO5S. The molecule has 0 atom stereocenters. The van der Waals surface area contributed by atoms with E-state index in [0.29, 0.717) is 5.69 Å². The van der Waals surface area contributed by atoms with Crippen molar-refractivity contribution >= 4 is 27.4 Å². The Bertz CT molecular complexity index is 857. The molecule has 0 radical (unpaired) electrons. The Balaban J connectivity index is 2.01. The number of hydrogen-bond donors (Lipinski definition) is 1. The lowest BCUT2D eigenvalue weighted by atomic mass is 10.2. The summed E-state index contributed by atoms with van der Waals surface area (Å²) in [5, 5.41) is 2.59. The maximum Gasteiger partial charge on any atom is 0.339 e. The Morgan fingerprint density at radius 3 is 2.29 bits per heavy atom. The Morgan fingerprint density at radius 1 is 1.04 bits per heavy atom. The van der Waals surface area contributed by atoms with Crippen molar-refractivity contribution in [3.8, 4) is 0 Å². The highest BCUT2D eigenvalue weighted by molar-refractivity contribution is 7.90. The van der Waals surface area contributed by atoms with Gasteiger partial charge in [0.1, 0.15) is 0 Å². The summed E-state index contributed by atoms with van der Waals surface area (Å²) in [5.41, 5.74) is 1.54. The van der Waals surface area contributed by atoms with Crippen LogP contribution in [0.5, 0.6) is 0 Å². The number of sulfone groups is 1. The van der Waals surface area contributed by atoms with Gasteiger partial charge < -0.3 is 10.1 Å². The molecule has 0 unspecified atom stereocenters. The van der Waals surface area contributed by atoms with E-state index in [1.54, 1.807) is 12.1 Å². The minimum absolute atomic E-state index is 0.0943. The molecule has 0 aromatic heterocycles. The van der Waals surface area contributed by atoms with Crippen LogP contribution in [-0.2, 0) is 19.4 Å². The fourth-order valence-electron chi connectivity index (χ4n) is 2.00. The van der Waals surface area contributed by atoms with E-state index in [4.69, 9.17) is 4.74 Å². The summed E-state index contributed by atoms with van der Waals surface area (Å²) in [5.74, 6) is -1.38. The molecule has 2 aromatic rings. The highest BCUT2D eigenvalue weighted by Gasteiger charge is 2.20. The molecule has 2 rings (SSSR count). The molecule has 0 saturated heterocycles. The molecular weight excluding hydrogens is 330 g/mol. The Labute approximate surface area is 140 Å². The number of ether oxygens (including phenoxy) is 1. The molecule has 0 fully saturated rings. The summed E-state index contributed by atoms with van der Waals surface area (Å²) in [6.45, 7) is 1.41. The van der Waals surface area contributed by atoms with E-state index in [2.05, 4.69) is 5.32 Å². The number of amides is 1. The minimum Gasteiger partial charge on any atom is -0.452 e. The molecule has 1 N–H and O–H groups in total. The van der Waals surface area contributed by atoms with Crippen molar-refractivity contribution in [2.24, 2.45) is 0 Å². The van der Waals surface area contributed by atoms with Gasteiger partial charge in [-0.15, -0.1) is 0 Å². The summed E-state index contributed by atoms with van der Waals surface area (Å²) in [4.78, 5) is 23.7. The lowest BCUT2D eigenvalue weighted by Crippen LogP contribution is -2.21. The van der Waals surface area contributed by atoms with E-state index in [1.165, 1.54) is 24.3 Å². The van der Waals surface area contributed by atoms with Gasteiger partial charge in [0.15, 0.2) is 16.4 Å². The number of carbonyl (C=O) groups is 2. The van der Waals surface area contributed by atoms with Gasteiger partial charge in [0.25, 0.3) is 5.91 Å². The summed E-state index contributed by atoms with van der Waals surface area (Å²) in [6.07, 6.45) is 1.00. The van der Waals surface area contributed by atoms with Crippen molar-refractivity contribution in [2.45, 2.75) is 11.8 Å². The molecule has 0 heterocycles. The number of esters is 1. The van der Waals surface area contributed by atoms with Crippen LogP contribution < -0.4 is 5.32 Å². The average Bonchev–Trinajstić information content (AvgIpc) is 2.54. The van der Waals surface area contributed by atoms with Crippen LogP contribution in [-0.4, -0.2) is 33.2 Å². The van der Waals surface area contributed by atoms with Gasteiger partial charge in [-0.3, -0.25) is 4.79 Å². The van der Waals surface area contributed by atoms with Crippen molar-refractivity contribution in [2.75, 3.05) is 18.2 Å². The van der Waals surface area contributed by atoms with Crippen LogP contribution in [0.1, 0.15) is 15.9 Å². The van der Waals surface area contributed by atoms with Crippen LogP contribution in [0, 0.1) is 6.92 Å². The molecule has 2 aromatic carbocycles. The molecule has 7 heteroatoms. The van der Waals surface area contributed by atoms with E-state index in [0.717, 1.165) is 11.8 Å². The van der Waals surface area contributed by atoms with Crippen LogP contribution in [0.4, 0.5) is 5.69 Å². The second kappa shape index (κ2) is 7.27. The number of nitrogens with one attached hydrogen (secondary N) is 1. The molecule has 24 heavy (non-hydrogen) atoms. The molecule has 0 spiro atoms. The quantitative estimate of drug-likeness (QED) is 0.838. The van der Waals surface area contributed by atoms with Crippen molar-refractivity contribution in [3.63, 3.8) is 0 Å². The van der Waals surface area contributed by atoms with Gasteiger partial charge in [-0.25, -0.2) is 13.2 Å². The van der Waals surface area contributed by atoms with Crippen LogP contribution >= 0.6 is 0 Å². The second-order valence-electron chi connectivity index (χ2n) is 5.26. The Kier molecular flexibility index (Phi) is 5.35. The van der Waals surface area contributed by atoms with Gasteiger partial charge in [-0.1, -0.05) is 29.8 Å². The number of benzene rings is 2. The first-order valence-corrected chi connectivity index (χ1v) is 8.99. The van der Waals surface area contributed by atoms with E-state index < -0.39 is 28.3 Å². The lowest BCUT2D eigenvalue weighted by Gasteiger charge is -2.09. The monoisotopic (exact) mass is 347 g/mol. The third-order valence-corrected chi connectivity index (χ3v) is 4.33. The number of rotatable bonds is 5. The fraction of sp³-hybridized carbons (Fsp3) is 0.176. The molecule has 0 aliphatic rings. The summed E-state index contributed by atoms with van der Waals surface area (Å²) < 4.78 is 28.3. The van der Waals surface area contributed by atoms with Crippen LogP contribution in [0.3, 0.4) is 0 Å². The first-order chi connectivity index (χ1) is 11.3. The van der Waals surface area contributed by atoms with Gasteiger partial charge in [0, 0.05) is 11.9 Å². The first-order valence-electron chi connectivity index (χ1n) is 7.10. The SMILES string of the molecule is Cc1ccc(NC(=O)COC(=O)c2ccccc2S(C)(=O)=O)cc1. The zero-order chi connectivity index (χ0) is 17.7. The molecule has 1 amide bonds. The zero-order valence-corrected chi connectivity index (χ0v) is 14.1. The molecule has 0 aliphatic carbocycles. The molecule has 0 aliphatic heterocycles. The molecule has 0 saturated carbocycles. The van der Waals surface area contributed by atoms with E-state index in [1.807, 2.05) is 19.1 Å². The fourth-order valence-corrected chi connectivity index (χ4v) is 2.88. The third-order valence-electron chi connectivity index (χ3n) is 3.18. The average molecular weight is 347 g/mol. The maximum atomic E-state index is 12.0. The van der Waals surface area contributed by atoms with Gasteiger partial charge in [-0.2, -0.15) is 0 Å². The topological polar surface area (TPSA) is 89.5 Å². The number of carbonyl (C=O) groups excluding carboxylic acids is 2. The van der Waals surface area contributed by atoms with Crippen LogP contribution in [0.25, 0.3) is 0 Å². The Hall–Kier alpha value is -2.67. The molecule has 6 nitrogen and oxygen atoms in total. The molecule has 0 bridgehead atoms. The predicted octanol–water partition coefficient (Wildman–Crippen LogP) is 2.19. The Morgan fingerprint density at radius 2 is 1.67 bits per heavy atom. The zero-order valence-electron chi connectivity index (χ0n) is 13.3. The highest BCUT2D eigenvalue weighted by atomic mass is 32.2. The molecule has 126 valence electrons. The highest BCUT2D eigenvalue weighted by Crippen LogP contribution is 2.16. The third kappa shape index (κ3) is 4.66. The first kappa shape index (κ1) is 17.7. The van der Waals surface area contributed by atoms with Gasteiger partial charge in [0.05, 0.1) is 10.5 Å². The van der Waals surface area contributed by atoms with Crippen LogP contribution in [0.15, 0.2) is 53.4 Å².